The Bertz CT molecular complexity index is 1070. The fraction of sp³-hybridized carbons (Fsp3) is 0.350. The summed E-state index contributed by atoms with van der Waals surface area (Å²) < 4.78 is 64.2. The largest absolute Gasteiger partial charge is 0.426 e. The topological polar surface area (TPSA) is 86.7 Å². The zero-order valence-corrected chi connectivity index (χ0v) is 19.8. The molecule has 32 heavy (non-hydrogen) atoms. The minimum atomic E-state index is -5.20. The van der Waals surface area contributed by atoms with Gasteiger partial charge in [0.15, 0.2) is 0 Å². The van der Waals surface area contributed by atoms with Gasteiger partial charge in [0.25, 0.3) is 5.91 Å². The van der Waals surface area contributed by atoms with Crippen LogP contribution in [0.4, 0.5) is 18.9 Å². The molecule has 0 heterocycles. The number of nitrogens with zero attached hydrogens (tertiary/aromatic N) is 1. The minimum absolute atomic E-state index is 0.0160. The van der Waals surface area contributed by atoms with E-state index in [0.29, 0.717) is 6.92 Å². The molecule has 2 N–H and O–H groups in total. The van der Waals surface area contributed by atoms with E-state index in [4.69, 9.17) is 11.6 Å². The van der Waals surface area contributed by atoms with Crippen molar-refractivity contribution in [1.82, 2.24) is 4.90 Å². The maximum atomic E-state index is 12.9. The van der Waals surface area contributed by atoms with Gasteiger partial charge in [-0.2, -0.15) is 13.2 Å². The Morgan fingerprint density at radius 3 is 2.19 bits per heavy atom. The molecule has 2 aromatic carbocycles. The van der Waals surface area contributed by atoms with Gasteiger partial charge >= 0.3 is 6.18 Å². The van der Waals surface area contributed by atoms with Gasteiger partial charge in [-0.15, -0.1) is 11.8 Å². The summed E-state index contributed by atoms with van der Waals surface area (Å²) in [4.78, 5) is 14.6. The second-order valence-electron chi connectivity index (χ2n) is 7.29. The number of nitrogens with one attached hydrogen (secondary N) is 1. The first-order valence-electron chi connectivity index (χ1n) is 9.19. The van der Waals surface area contributed by atoms with E-state index in [1.807, 2.05) is 24.3 Å². The van der Waals surface area contributed by atoms with Crippen molar-refractivity contribution in [3.63, 3.8) is 0 Å². The number of anilines is 1. The van der Waals surface area contributed by atoms with E-state index in [-0.39, 0.29) is 20.5 Å². The van der Waals surface area contributed by atoms with Crippen LogP contribution in [0.1, 0.15) is 6.92 Å². The second-order valence-corrected chi connectivity index (χ2v) is 10.8. The fourth-order valence-corrected chi connectivity index (χ4v) is 4.93. The van der Waals surface area contributed by atoms with E-state index in [2.05, 4.69) is 0 Å². The molecule has 0 unspecified atom stereocenters. The third-order valence-electron chi connectivity index (χ3n) is 4.43. The van der Waals surface area contributed by atoms with Crippen molar-refractivity contribution in [2.24, 2.45) is 0 Å². The Balaban J connectivity index is 2.20. The molecule has 176 valence electrons. The van der Waals surface area contributed by atoms with E-state index in [9.17, 15) is 31.5 Å². The molecule has 2 rings (SSSR count). The number of carbonyl (C=O) groups is 1. The SMILES string of the molecule is CN(C)CCSc1ccc(S(=O)(=O)c2ccc(NC(=O)[C@@](C)(O)C(F)(F)F)c(Cl)c2)cc1. The molecule has 0 saturated heterocycles. The Kier molecular flexibility index (Phi) is 8.27. The molecule has 1 atom stereocenters. The van der Waals surface area contributed by atoms with Crippen molar-refractivity contribution in [3.05, 3.63) is 47.5 Å². The van der Waals surface area contributed by atoms with Crippen LogP contribution < -0.4 is 5.32 Å². The molecule has 0 aliphatic heterocycles. The molecule has 0 saturated carbocycles. The first kappa shape index (κ1) is 26.5. The lowest BCUT2D eigenvalue weighted by Gasteiger charge is -2.25. The molecule has 0 fully saturated rings. The van der Waals surface area contributed by atoms with Gasteiger partial charge in [-0.1, -0.05) is 11.6 Å². The predicted molar refractivity (Wildman–Crippen MR) is 118 cm³/mol. The molecule has 6 nitrogen and oxygen atoms in total. The summed E-state index contributed by atoms with van der Waals surface area (Å²) in [6.07, 6.45) is -5.20. The maximum absolute atomic E-state index is 12.9. The van der Waals surface area contributed by atoms with Crippen LogP contribution in [0.15, 0.2) is 57.2 Å². The van der Waals surface area contributed by atoms with Crippen molar-refractivity contribution < 1.29 is 31.5 Å². The fourth-order valence-electron chi connectivity index (χ4n) is 2.33. The van der Waals surface area contributed by atoms with E-state index >= 15 is 0 Å². The van der Waals surface area contributed by atoms with Crippen LogP contribution >= 0.6 is 23.4 Å². The van der Waals surface area contributed by atoms with Crippen LogP contribution in [-0.2, 0) is 14.6 Å². The molecule has 2 aromatic rings. The quantitative estimate of drug-likeness (QED) is 0.520. The number of amides is 1. The van der Waals surface area contributed by atoms with E-state index < -0.39 is 27.5 Å². The first-order valence-corrected chi connectivity index (χ1v) is 12.0. The molecule has 0 bridgehead atoms. The highest BCUT2D eigenvalue weighted by Crippen LogP contribution is 2.33. The van der Waals surface area contributed by atoms with Gasteiger partial charge in [-0.3, -0.25) is 4.79 Å². The van der Waals surface area contributed by atoms with Crippen LogP contribution in [0.5, 0.6) is 0 Å². The van der Waals surface area contributed by atoms with Gasteiger partial charge < -0.3 is 15.3 Å². The van der Waals surface area contributed by atoms with Gasteiger partial charge in [0.1, 0.15) is 0 Å². The summed E-state index contributed by atoms with van der Waals surface area (Å²) >= 11 is 7.57. The van der Waals surface area contributed by atoms with Crippen LogP contribution in [0.2, 0.25) is 5.02 Å². The monoisotopic (exact) mass is 510 g/mol. The number of halogens is 4. The highest BCUT2D eigenvalue weighted by atomic mass is 35.5. The molecular weight excluding hydrogens is 489 g/mol. The lowest BCUT2D eigenvalue weighted by atomic mass is 10.1. The van der Waals surface area contributed by atoms with E-state index in [1.165, 1.54) is 12.1 Å². The van der Waals surface area contributed by atoms with Crippen LogP contribution in [0.25, 0.3) is 0 Å². The number of hydrogen-bond acceptors (Lipinski definition) is 6. The summed E-state index contributed by atoms with van der Waals surface area (Å²) in [5, 5.41) is 11.0. The maximum Gasteiger partial charge on any atom is 0.426 e. The smallest absolute Gasteiger partial charge is 0.373 e. The Hall–Kier alpha value is -1.79. The van der Waals surface area contributed by atoms with Crippen molar-refractivity contribution in [2.75, 3.05) is 31.7 Å². The van der Waals surface area contributed by atoms with Crippen LogP contribution in [0.3, 0.4) is 0 Å². The Labute approximate surface area is 193 Å². The molecule has 0 radical (unpaired) electrons. The zero-order chi connectivity index (χ0) is 24.3. The Morgan fingerprint density at radius 2 is 1.69 bits per heavy atom. The predicted octanol–water partition coefficient (Wildman–Crippen LogP) is 4.08. The first-order chi connectivity index (χ1) is 14.7. The lowest BCUT2D eigenvalue weighted by Crippen LogP contribution is -2.52. The normalized spacial score (nSPS) is 14.3. The lowest BCUT2D eigenvalue weighted by molar-refractivity contribution is -0.242. The van der Waals surface area contributed by atoms with Gasteiger partial charge in [0.05, 0.1) is 20.5 Å². The molecule has 0 aromatic heterocycles. The molecule has 1 amide bonds. The van der Waals surface area contributed by atoms with Crippen molar-refractivity contribution in [1.29, 1.82) is 0 Å². The summed E-state index contributed by atoms with van der Waals surface area (Å²) in [5.74, 6) is -0.909. The third-order valence-corrected chi connectivity index (χ3v) is 7.51. The number of rotatable bonds is 8. The average Bonchev–Trinajstić information content (AvgIpc) is 2.68. The molecule has 12 heteroatoms. The zero-order valence-electron chi connectivity index (χ0n) is 17.4. The summed E-state index contributed by atoms with van der Waals surface area (Å²) in [7, 11) is -0.0427. The molecular formula is C20H22ClF3N2O4S2. The van der Waals surface area contributed by atoms with E-state index in [1.54, 1.807) is 23.9 Å². The van der Waals surface area contributed by atoms with Crippen molar-refractivity contribution in [3.8, 4) is 0 Å². The van der Waals surface area contributed by atoms with Gasteiger partial charge in [0.2, 0.25) is 15.4 Å². The van der Waals surface area contributed by atoms with Gasteiger partial charge in [0, 0.05) is 17.2 Å². The summed E-state index contributed by atoms with van der Waals surface area (Å²) in [5.41, 5.74) is -3.92. The average molecular weight is 511 g/mol. The molecule has 0 aliphatic rings. The van der Waals surface area contributed by atoms with Gasteiger partial charge in [-0.25, -0.2) is 8.42 Å². The number of aliphatic hydroxyl groups is 1. The molecule has 0 spiro atoms. The van der Waals surface area contributed by atoms with Crippen LogP contribution in [-0.4, -0.2) is 62.5 Å². The Morgan fingerprint density at radius 1 is 1.12 bits per heavy atom. The van der Waals surface area contributed by atoms with Crippen LogP contribution in [0, 0.1) is 0 Å². The summed E-state index contributed by atoms with van der Waals surface area (Å²) in [6, 6.07) is 9.47. The second kappa shape index (κ2) is 10.0. The number of alkyl halides is 3. The van der Waals surface area contributed by atoms with Crippen molar-refractivity contribution in [2.45, 2.75) is 33.4 Å². The number of thioether (sulfide) groups is 1. The highest BCUT2D eigenvalue weighted by molar-refractivity contribution is 7.99. The van der Waals surface area contributed by atoms with Crippen molar-refractivity contribution >= 4 is 44.8 Å². The van der Waals surface area contributed by atoms with E-state index in [0.717, 1.165) is 35.4 Å². The third kappa shape index (κ3) is 6.16. The number of hydrogen-bond donors (Lipinski definition) is 2. The standard InChI is InChI=1S/C20H22ClF3N2O4S2/c1-19(28,20(22,23)24)18(27)25-17-9-8-15(12-16(17)21)32(29,30)14-6-4-13(5-7-14)31-11-10-26(2)3/h4-9,12,28H,10-11H2,1-3H3,(H,25,27)/t19-/m1/s1. The van der Waals surface area contributed by atoms with Gasteiger partial charge in [-0.05, 0) is 63.5 Å². The number of benzene rings is 2. The highest BCUT2D eigenvalue weighted by Gasteiger charge is 2.55. The minimum Gasteiger partial charge on any atom is -0.373 e. The summed E-state index contributed by atoms with van der Waals surface area (Å²) in [6.45, 7) is 1.17. The number of carbonyl (C=O) groups excluding carboxylic acids is 1. The number of sulfone groups is 1. The molecule has 0 aliphatic carbocycles.